The van der Waals surface area contributed by atoms with E-state index in [9.17, 15) is 4.79 Å². The number of hydrogen-bond donors (Lipinski definition) is 1. The zero-order valence-electron chi connectivity index (χ0n) is 14.1. The molecule has 0 unspecified atom stereocenters. The number of amides is 1. The van der Waals surface area contributed by atoms with Crippen molar-refractivity contribution in [3.8, 4) is 22.7 Å². The Morgan fingerprint density at radius 3 is 2.42 bits per heavy atom. The molecule has 4 aromatic rings. The average Bonchev–Trinajstić information content (AvgIpc) is 3.35. The molecule has 2 aromatic carbocycles. The number of benzene rings is 2. The molecule has 0 atom stereocenters. The van der Waals surface area contributed by atoms with E-state index in [2.05, 4.69) is 29.4 Å². The summed E-state index contributed by atoms with van der Waals surface area (Å²) in [7, 11) is 0. The molecule has 0 aliphatic heterocycles. The first-order valence-corrected chi connectivity index (χ1v) is 9.05. The van der Waals surface area contributed by atoms with Gasteiger partial charge in [0, 0.05) is 16.8 Å². The van der Waals surface area contributed by atoms with Crippen LogP contribution >= 0.6 is 11.3 Å². The summed E-state index contributed by atoms with van der Waals surface area (Å²) < 4.78 is 5.62. The molecular formula is C21H16N2O2S. The number of aromatic nitrogens is 1. The predicted molar refractivity (Wildman–Crippen MR) is 104 cm³/mol. The summed E-state index contributed by atoms with van der Waals surface area (Å²) >= 11 is 1.41. The van der Waals surface area contributed by atoms with Crippen LogP contribution in [-0.4, -0.2) is 10.9 Å². The smallest absolute Gasteiger partial charge is 0.265 e. The molecule has 4 nitrogen and oxygen atoms in total. The van der Waals surface area contributed by atoms with Crippen LogP contribution < -0.4 is 5.32 Å². The summed E-state index contributed by atoms with van der Waals surface area (Å²) in [6, 6.07) is 19.3. The van der Waals surface area contributed by atoms with Crippen LogP contribution in [0.25, 0.3) is 22.7 Å². The Hall–Kier alpha value is -3.18. The number of oxazole rings is 1. The fraction of sp³-hybridized carbons (Fsp3) is 0.0476. The van der Waals surface area contributed by atoms with Gasteiger partial charge in [-0.1, -0.05) is 35.9 Å². The summed E-state index contributed by atoms with van der Waals surface area (Å²) in [6.07, 6.45) is 1.66. The maximum absolute atomic E-state index is 12.1. The number of anilines is 1. The molecule has 0 saturated carbocycles. The predicted octanol–water partition coefficient (Wildman–Crippen LogP) is 5.63. The largest absolute Gasteiger partial charge is 0.444 e. The van der Waals surface area contributed by atoms with Crippen molar-refractivity contribution in [3.05, 3.63) is 82.7 Å². The van der Waals surface area contributed by atoms with E-state index in [0.717, 1.165) is 22.5 Å². The number of nitrogens with zero attached hydrogens (tertiary/aromatic N) is 1. The van der Waals surface area contributed by atoms with Crippen molar-refractivity contribution in [2.75, 3.05) is 5.32 Å². The zero-order chi connectivity index (χ0) is 17.9. The number of thiophene rings is 1. The fourth-order valence-corrected chi connectivity index (χ4v) is 3.18. The van der Waals surface area contributed by atoms with Gasteiger partial charge in [-0.25, -0.2) is 4.98 Å². The Morgan fingerprint density at radius 2 is 1.73 bits per heavy atom. The molecule has 4 rings (SSSR count). The van der Waals surface area contributed by atoms with Crippen molar-refractivity contribution in [3.63, 3.8) is 0 Å². The monoisotopic (exact) mass is 360 g/mol. The second kappa shape index (κ2) is 6.98. The molecule has 0 radical (unpaired) electrons. The average molecular weight is 360 g/mol. The van der Waals surface area contributed by atoms with Crippen LogP contribution in [0.4, 0.5) is 5.69 Å². The summed E-state index contributed by atoms with van der Waals surface area (Å²) in [5.74, 6) is 0.447. The van der Waals surface area contributed by atoms with Gasteiger partial charge in [-0.2, -0.15) is 0 Å². The third-order valence-corrected chi connectivity index (χ3v) is 4.85. The molecule has 2 heterocycles. The zero-order valence-corrected chi connectivity index (χ0v) is 14.9. The molecule has 128 valence electrons. The van der Waals surface area contributed by atoms with Crippen molar-refractivity contribution in [1.29, 1.82) is 0 Å². The lowest BCUT2D eigenvalue weighted by Crippen LogP contribution is -2.09. The molecule has 2 aromatic heterocycles. The lowest BCUT2D eigenvalue weighted by atomic mass is 10.1. The lowest BCUT2D eigenvalue weighted by Gasteiger charge is -2.04. The van der Waals surface area contributed by atoms with Crippen molar-refractivity contribution >= 4 is 22.9 Å². The second-order valence-electron chi connectivity index (χ2n) is 5.91. The molecule has 0 saturated heterocycles. The minimum Gasteiger partial charge on any atom is -0.444 e. The highest BCUT2D eigenvalue weighted by Gasteiger charge is 2.10. The second-order valence-corrected chi connectivity index (χ2v) is 6.86. The van der Waals surface area contributed by atoms with E-state index in [-0.39, 0.29) is 5.91 Å². The fourth-order valence-electron chi connectivity index (χ4n) is 2.56. The van der Waals surface area contributed by atoms with Crippen molar-refractivity contribution in [1.82, 2.24) is 4.98 Å². The molecule has 1 N–H and O–H groups in total. The maximum atomic E-state index is 12.1. The third kappa shape index (κ3) is 3.43. The standard InChI is InChI=1S/C21H16N2O2S/c1-14-4-6-15(7-5-14)18-13-25-21(23-18)16-8-10-17(11-9-16)22-20(24)19-3-2-12-26-19/h2-13H,1H3,(H,22,24). The number of carbonyl (C=O) groups excluding carboxylic acids is 1. The Morgan fingerprint density at radius 1 is 1.00 bits per heavy atom. The first-order chi connectivity index (χ1) is 12.7. The highest BCUT2D eigenvalue weighted by molar-refractivity contribution is 7.12. The quantitative estimate of drug-likeness (QED) is 0.513. The van der Waals surface area contributed by atoms with Gasteiger partial charge in [0.25, 0.3) is 5.91 Å². The number of aryl methyl sites for hydroxylation is 1. The first-order valence-electron chi connectivity index (χ1n) is 8.17. The molecule has 1 amide bonds. The van der Waals surface area contributed by atoms with Crippen LogP contribution in [0.15, 0.2) is 76.7 Å². The normalized spacial score (nSPS) is 10.7. The molecular weight excluding hydrogens is 344 g/mol. The summed E-state index contributed by atoms with van der Waals surface area (Å²) in [5.41, 5.74) is 4.62. The van der Waals surface area contributed by atoms with Gasteiger partial charge in [0.15, 0.2) is 0 Å². The van der Waals surface area contributed by atoms with E-state index in [1.54, 1.807) is 12.3 Å². The van der Waals surface area contributed by atoms with E-state index in [4.69, 9.17) is 4.42 Å². The van der Waals surface area contributed by atoms with Crippen molar-refractivity contribution in [2.24, 2.45) is 0 Å². The van der Waals surface area contributed by atoms with Gasteiger partial charge in [0.2, 0.25) is 5.89 Å². The number of hydrogen-bond acceptors (Lipinski definition) is 4. The Bertz CT molecular complexity index is 1020. The highest BCUT2D eigenvalue weighted by atomic mass is 32.1. The lowest BCUT2D eigenvalue weighted by molar-refractivity contribution is 0.103. The topological polar surface area (TPSA) is 55.1 Å². The Labute approximate surface area is 155 Å². The minimum absolute atomic E-state index is 0.106. The molecule has 5 heteroatoms. The van der Waals surface area contributed by atoms with Crippen LogP contribution in [0.1, 0.15) is 15.2 Å². The molecule has 0 fully saturated rings. The highest BCUT2D eigenvalue weighted by Crippen LogP contribution is 2.26. The molecule has 0 aliphatic rings. The molecule has 0 spiro atoms. The Kier molecular flexibility index (Phi) is 4.37. The van der Waals surface area contributed by atoms with E-state index >= 15 is 0 Å². The van der Waals surface area contributed by atoms with Gasteiger partial charge in [0.1, 0.15) is 12.0 Å². The van der Waals surface area contributed by atoms with E-state index in [1.807, 2.05) is 47.8 Å². The third-order valence-electron chi connectivity index (χ3n) is 3.99. The van der Waals surface area contributed by atoms with Gasteiger partial charge in [0.05, 0.1) is 4.88 Å². The van der Waals surface area contributed by atoms with E-state index in [1.165, 1.54) is 16.9 Å². The van der Waals surface area contributed by atoms with Gasteiger partial charge in [-0.05, 0) is 42.6 Å². The van der Waals surface area contributed by atoms with E-state index in [0.29, 0.717) is 10.8 Å². The van der Waals surface area contributed by atoms with Gasteiger partial charge in [-0.3, -0.25) is 4.79 Å². The number of nitrogens with one attached hydrogen (secondary N) is 1. The maximum Gasteiger partial charge on any atom is 0.265 e. The van der Waals surface area contributed by atoms with Crippen molar-refractivity contribution in [2.45, 2.75) is 6.92 Å². The van der Waals surface area contributed by atoms with Crippen LogP contribution in [0, 0.1) is 6.92 Å². The summed E-state index contributed by atoms with van der Waals surface area (Å²) in [4.78, 5) is 17.3. The number of carbonyl (C=O) groups is 1. The van der Waals surface area contributed by atoms with Gasteiger partial charge >= 0.3 is 0 Å². The van der Waals surface area contributed by atoms with Crippen LogP contribution in [0.5, 0.6) is 0 Å². The van der Waals surface area contributed by atoms with Gasteiger partial charge in [-0.15, -0.1) is 11.3 Å². The SMILES string of the molecule is Cc1ccc(-c2coc(-c3ccc(NC(=O)c4cccs4)cc3)n2)cc1. The van der Waals surface area contributed by atoms with Crippen LogP contribution in [0.3, 0.4) is 0 Å². The summed E-state index contributed by atoms with van der Waals surface area (Å²) in [5, 5.41) is 4.76. The Balaban J connectivity index is 1.50. The number of rotatable bonds is 4. The van der Waals surface area contributed by atoms with E-state index < -0.39 is 0 Å². The molecule has 0 aliphatic carbocycles. The molecule has 0 bridgehead atoms. The van der Waals surface area contributed by atoms with Crippen LogP contribution in [-0.2, 0) is 0 Å². The first kappa shape index (κ1) is 16.3. The van der Waals surface area contributed by atoms with Crippen LogP contribution in [0.2, 0.25) is 0 Å². The summed E-state index contributed by atoms with van der Waals surface area (Å²) in [6.45, 7) is 2.05. The van der Waals surface area contributed by atoms with Crippen molar-refractivity contribution < 1.29 is 9.21 Å². The minimum atomic E-state index is -0.106. The molecule has 26 heavy (non-hydrogen) atoms. The van der Waals surface area contributed by atoms with Gasteiger partial charge < -0.3 is 9.73 Å².